The SMILES string of the molecule is Cc1ccc(C(=O)NCc2cc3nc(-c4cccc(N5CCNC[C@@H]5CO)n4)ccc3cn2)cc1S(C)(=O)=O. The molecule has 0 aliphatic carbocycles. The fourth-order valence-electron chi connectivity index (χ4n) is 4.66. The Labute approximate surface area is 227 Å². The number of aryl methyl sites for hydroxylation is 1. The molecule has 39 heavy (non-hydrogen) atoms. The van der Waals surface area contributed by atoms with Crippen LogP contribution in [0.1, 0.15) is 21.6 Å². The molecular formula is C28H30N6O4S. The average Bonchev–Trinajstić information content (AvgIpc) is 2.95. The van der Waals surface area contributed by atoms with Crippen LogP contribution in [-0.2, 0) is 16.4 Å². The van der Waals surface area contributed by atoms with E-state index in [4.69, 9.17) is 9.97 Å². The van der Waals surface area contributed by atoms with Crippen molar-refractivity contribution in [3.63, 3.8) is 0 Å². The number of aliphatic hydroxyl groups is 1. The number of aliphatic hydroxyl groups excluding tert-OH is 1. The highest BCUT2D eigenvalue weighted by Crippen LogP contribution is 2.24. The Morgan fingerprint density at radius 3 is 2.74 bits per heavy atom. The molecule has 0 spiro atoms. The first kappa shape index (κ1) is 26.7. The molecule has 0 saturated carbocycles. The van der Waals surface area contributed by atoms with E-state index < -0.39 is 15.7 Å². The Balaban J connectivity index is 1.35. The van der Waals surface area contributed by atoms with Crippen molar-refractivity contribution in [1.29, 1.82) is 0 Å². The van der Waals surface area contributed by atoms with E-state index in [0.29, 0.717) is 29.0 Å². The summed E-state index contributed by atoms with van der Waals surface area (Å²) in [5.41, 5.74) is 3.61. The van der Waals surface area contributed by atoms with E-state index in [2.05, 4.69) is 20.5 Å². The van der Waals surface area contributed by atoms with Gasteiger partial charge in [-0.2, -0.15) is 0 Å². The monoisotopic (exact) mass is 546 g/mol. The predicted octanol–water partition coefficient (Wildman–Crippen LogP) is 2.10. The molecule has 1 aliphatic heterocycles. The van der Waals surface area contributed by atoms with Crippen LogP contribution in [0, 0.1) is 6.92 Å². The van der Waals surface area contributed by atoms with E-state index in [1.54, 1.807) is 25.3 Å². The van der Waals surface area contributed by atoms with Crippen molar-refractivity contribution < 1.29 is 18.3 Å². The van der Waals surface area contributed by atoms with Crippen LogP contribution in [0.2, 0.25) is 0 Å². The molecule has 1 aliphatic rings. The first-order valence-corrected chi connectivity index (χ1v) is 14.5. The zero-order chi connectivity index (χ0) is 27.6. The molecule has 4 heterocycles. The molecule has 10 nitrogen and oxygen atoms in total. The number of amides is 1. The van der Waals surface area contributed by atoms with E-state index in [0.717, 1.165) is 36.2 Å². The molecule has 0 bridgehead atoms. The Morgan fingerprint density at radius 1 is 1.13 bits per heavy atom. The van der Waals surface area contributed by atoms with Gasteiger partial charge >= 0.3 is 0 Å². The summed E-state index contributed by atoms with van der Waals surface area (Å²) in [4.78, 5) is 29.0. The zero-order valence-electron chi connectivity index (χ0n) is 21.8. The van der Waals surface area contributed by atoms with Crippen LogP contribution in [0.25, 0.3) is 22.3 Å². The van der Waals surface area contributed by atoms with Gasteiger partial charge in [0.2, 0.25) is 0 Å². The molecule has 5 rings (SSSR count). The van der Waals surface area contributed by atoms with E-state index in [1.807, 2.05) is 36.4 Å². The van der Waals surface area contributed by atoms with Gasteiger partial charge in [-0.1, -0.05) is 12.1 Å². The minimum atomic E-state index is -3.44. The smallest absolute Gasteiger partial charge is 0.251 e. The summed E-state index contributed by atoms with van der Waals surface area (Å²) in [5.74, 6) is 0.404. The fourth-order valence-corrected chi connectivity index (χ4v) is 5.66. The first-order chi connectivity index (χ1) is 18.7. The van der Waals surface area contributed by atoms with E-state index in [-0.39, 0.29) is 29.7 Å². The molecular weight excluding hydrogens is 516 g/mol. The molecule has 0 radical (unpaired) electrons. The standard InChI is InChI=1S/C28H30N6O4S/c1-18-6-7-19(12-26(18)39(2,37)38)28(36)31-15-21-13-25-20(14-30-21)8-9-24(32-25)23-4-3-5-27(33-23)34-11-10-29-16-22(34)17-35/h3-9,12-14,22,29,35H,10-11,15-17H2,1-2H3,(H,31,36)/t22-/m1/s1. The average molecular weight is 547 g/mol. The number of fused-ring (bicyclic) bond motifs is 1. The van der Waals surface area contributed by atoms with Crippen molar-refractivity contribution in [1.82, 2.24) is 25.6 Å². The van der Waals surface area contributed by atoms with Crippen molar-refractivity contribution in [2.45, 2.75) is 24.4 Å². The number of rotatable bonds is 7. The summed E-state index contributed by atoms with van der Waals surface area (Å²) in [6, 6.07) is 16.0. The molecule has 202 valence electrons. The highest BCUT2D eigenvalue weighted by molar-refractivity contribution is 7.90. The van der Waals surface area contributed by atoms with Crippen molar-refractivity contribution in [2.75, 3.05) is 37.4 Å². The van der Waals surface area contributed by atoms with Gasteiger partial charge < -0.3 is 20.6 Å². The van der Waals surface area contributed by atoms with E-state index in [9.17, 15) is 18.3 Å². The number of pyridine rings is 3. The van der Waals surface area contributed by atoms with Crippen LogP contribution >= 0.6 is 0 Å². The number of hydrogen-bond donors (Lipinski definition) is 3. The van der Waals surface area contributed by atoms with Gasteiger partial charge in [0, 0.05) is 43.0 Å². The number of carbonyl (C=O) groups is 1. The van der Waals surface area contributed by atoms with Crippen molar-refractivity contribution in [2.24, 2.45) is 0 Å². The summed E-state index contributed by atoms with van der Waals surface area (Å²) in [6.45, 7) is 4.18. The van der Waals surface area contributed by atoms with Crippen LogP contribution in [0.15, 0.2) is 65.7 Å². The van der Waals surface area contributed by atoms with Gasteiger partial charge in [0.25, 0.3) is 5.91 Å². The normalized spacial score (nSPS) is 15.9. The third-order valence-electron chi connectivity index (χ3n) is 6.76. The maximum Gasteiger partial charge on any atom is 0.251 e. The molecule has 4 aromatic rings. The predicted molar refractivity (Wildman–Crippen MR) is 149 cm³/mol. The van der Waals surface area contributed by atoms with Gasteiger partial charge in [-0.3, -0.25) is 9.78 Å². The number of sulfone groups is 1. The molecule has 11 heteroatoms. The number of aromatic nitrogens is 3. The van der Waals surface area contributed by atoms with Gasteiger partial charge in [0.15, 0.2) is 9.84 Å². The molecule has 1 atom stereocenters. The molecule has 0 unspecified atom stereocenters. The lowest BCUT2D eigenvalue weighted by Gasteiger charge is -2.36. The molecule has 3 aromatic heterocycles. The highest BCUT2D eigenvalue weighted by Gasteiger charge is 2.23. The molecule has 1 saturated heterocycles. The van der Waals surface area contributed by atoms with Gasteiger partial charge in [0.05, 0.1) is 46.7 Å². The van der Waals surface area contributed by atoms with Crippen molar-refractivity contribution >= 4 is 32.5 Å². The number of benzene rings is 1. The van der Waals surface area contributed by atoms with Crippen molar-refractivity contribution in [3.05, 3.63) is 77.6 Å². The number of anilines is 1. The second-order valence-corrected chi connectivity index (χ2v) is 11.6. The zero-order valence-corrected chi connectivity index (χ0v) is 22.6. The Kier molecular flexibility index (Phi) is 7.56. The van der Waals surface area contributed by atoms with Gasteiger partial charge in [-0.15, -0.1) is 0 Å². The Hall–Kier alpha value is -3.93. The fraction of sp³-hybridized carbons (Fsp3) is 0.286. The van der Waals surface area contributed by atoms with Crippen molar-refractivity contribution in [3.8, 4) is 11.4 Å². The van der Waals surface area contributed by atoms with Gasteiger partial charge in [-0.25, -0.2) is 18.4 Å². The number of nitrogens with one attached hydrogen (secondary N) is 2. The van der Waals surface area contributed by atoms with Crippen LogP contribution in [0.4, 0.5) is 5.82 Å². The Bertz CT molecular complexity index is 1640. The lowest BCUT2D eigenvalue weighted by atomic mass is 10.1. The summed E-state index contributed by atoms with van der Waals surface area (Å²) >= 11 is 0. The number of carbonyl (C=O) groups excluding carboxylic acids is 1. The first-order valence-electron chi connectivity index (χ1n) is 12.6. The minimum Gasteiger partial charge on any atom is -0.394 e. The number of piperazine rings is 1. The molecule has 1 fully saturated rings. The summed E-state index contributed by atoms with van der Waals surface area (Å²) in [7, 11) is -3.44. The number of nitrogens with zero attached hydrogens (tertiary/aromatic N) is 4. The molecule has 3 N–H and O–H groups in total. The molecule has 1 aromatic carbocycles. The maximum atomic E-state index is 12.7. The summed E-state index contributed by atoms with van der Waals surface area (Å²) in [5, 5.41) is 16.7. The summed E-state index contributed by atoms with van der Waals surface area (Å²) in [6.07, 6.45) is 2.83. The van der Waals surface area contributed by atoms with Crippen LogP contribution in [-0.4, -0.2) is 72.9 Å². The summed E-state index contributed by atoms with van der Waals surface area (Å²) < 4.78 is 24.0. The van der Waals surface area contributed by atoms with Crippen LogP contribution in [0.5, 0.6) is 0 Å². The molecule has 1 amide bonds. The van der Waals surface area contributed by atoms with Crippen LogP contribution in [0.3, 0.4) is 0 Å². The maximum absolute atomic E-state index is 12.7. The second-order valence-electron chi connectivity index (χ2n) is 9.61. The third kappa shape index (κ3) is 5.90. The minimum absolute atomic E-state index is 0.0345. The second kappa shape index (κ2) is 11.0. The largest absolute Gasteiger partial charge is 0.394 e. The van der Waals surface area contributed by atoms with Crippen LogP contribution < -0.4 is 15.5 Å². The third-order valence-corrected chi connectivity index (χ3v) is 8.00. The number of hydrogen-bond acceptors (Lipinski definition) is 9. The Morgan fingerprint density at radius 2 is 1.95 bits per heavy atom. The highest BCUT2D eigenvalue weighted by atomic mass is 32.2. The van der Waals surface area contributed by atoms with E-state index >= 15 is 0 Å². The lowest BCUT2D eigenvalue weighted by Crippen LogP contribution is -2.53. The lowest BCUT2D eigenvalue weighted by molar-refractivity contribution is 0.0950. The van der Waals surface area contributed by atoms with Gasteiger partial charge in [0.1, 0.15) is 5.82 Å². The van der Waals surface area contributed by atoms with E-state index in [1.165, 1.54) is 6.07 Å². The topological polar surface area (TPSA) is 137 Å². The van der Waals surface area contributed by atoms with Gasteiger partial charge in [-0.05, 0) is 55.0 Å². The quantitative estimate of drug-likeness (QED) is 0.318.